The van der Waals surface area contributed by atoms with Gasteiger partial charge in [-0.2, -0.15) is 0 Å². The zero-order valence-electron chi connectivity index (χ0n) is 37.7. The Bertz CT molecular complexity index is 893. The van der Waals surface area contributed by atoms with Gasteiger partial charge in [0.15, 0.2) is 6.10 Å². The molecule has 0 N–H and O–H groups in total. The van der Waals surface area contributed by atoms with Gasteiger partial charge in [-0.1, -0.05) is 205 Å². The van der Waals surface area contributed by atoms with Crippen molar-refractivity contribution in [3.63, 3.8) is 0 Å². The first-order chi connectivity index (χ1) is 27.6. The number of esters is 2. The second-order valence-electron chi connectivity index (χ2n) is 16.4. The van der Waals surface area contributed by atoms with Crippen molar-refractivity contribution in [3.05, 3.63) is 36.5 Å². The summed E-state index contributed by atoms with van der Waals surface area (Å²) in [7, 11) is 0. The summed E-state index contributed by atoms with van der Waals surface area (Å²) in [5.41, 5.74) is 0. The summed E-state index contributed by atoms with van der Waals surface area (Å²) in [5.74, 6) is -0.403. The molecule has 0 radical (unpaired) electrons. The second kappa shape index (κ2) is 47.5. The van der Waals surface area contributed by atoms with Gasteiger partial charge in [0, 0.05) is 19.4 Å². The molecule has 5 nitrogen and oxygen atoms in total. The average Bonchev–Trinajstić information content (AvgIpc) is 3.20. The minimum absolute atomic E-state index is 0.0825. The van der Waals surface area contributed by atoms with Crippen molar-refractivity contribution >= 4 is 11.9 Å². The zero-order valence-corrected chi connectivity index (χ0v) is 37.7. The number of carbonyl (C=O) groups is 2. The maximum atomic E-state index is 12.7. The third-order valence-electron chi connectivity index (χ3n) is 10.6. The fourth-order valence-corrected chi connectivity index (χ4v) is 6.93. The largest absolute Gasteiger partial charge is 0.462 e. The summed E-state index contributed by atoms with van der Waals surface area (Å²) >= 11 is 0. The first-order valence-electron chi connectivity index (χ1n) is 24.5. The summed E-state index contributed by atoms with van der Waals surface area (Å²) in [5, 5.41) is 0. The Balaban J connectivity index is 4.21. The molecule has 1 atom stereocenters. The van der Waals surface area contributed by atoms with E-state index in [9.17, 15) is 9.59 Å². The lowest BCUT2D eigenvalue weighted by atomic mass is 10.1. The molecule has 0 aromatic carbocycles. The molecule has 56 heavy (non-hydrogen) atoms. The molecular weight excluding hydrogens is 693 g/mol. The van der Waals surface area contributed by atoms with Gasteiger partial charge in [-0.25, -0.2) is 0 Å². The number of rotatable bonds is 45. The molecule has 0 fully saturated rings. The van der Waals surface area contributed by atoms with Gasteiger partial charge in [0.25, 0.3) is 0 Å². The lowest BCUT2D eigenvalue weighted by Crippen LogP contribution is -2.30. The predicted molar refractivity (Wildman–Crippen MR) is 242 cm³/mol. The van der Waals surface area contributed by atoms with Crippen LogP contribution in [0.1, 0.15) is 252 Å². The zero-order chi connectivity index (χ0) is 40.7. The Labute approximate surface area is 349 Å². The van der Waals surface area contributed by atoms with Crippen molar-refractivity contribution in [3.8, 4) is 0 Å². The number of hydrogen-bond donors (Lipinski definition) is 0. The molecule has 0 amide bonds. The maximum absolute atomic E-state index is 12.7. The molecular formula is C51H94O5. The van der Waals surface area contributed by atoms with E-state index in [2.05, 4.69) is 57.2 Å². The van der Waals surface area contributed by atoms with E-state index in [0.717, 1.165) is 57.8 Å². The molecule has 0 aliphatic heterocycles. The molecule has 0 saturated carbocycles. The normalized spacial score (nSPS) is 12.4. The first-order valence-corrected chi connectivity index (χ1v) is 24.5. The molecule has 0 aromatic heterocycles. The van der Waals surface area contributed by atoms with Crippen LogP contribution in [0, 0.1) is 0 Å². The third kappa shape index (κ3) is 44.8. The summed E-state index contributed by atoms with van der Waals surface area (Å²) in [6.45, 7) is 7.77. The highest BCUT2D eigenvalue weighted by molar-refractivity contribution is 5.70. The van der Waals surface area contributed by atoms with E-state index in [1.807, 2.05) is 0 Å². The van der Waals surface area contributed by atoms with Crippen LogP contribution in [-0.2, 0) is 23.8 Å². The predicted octanol–water partition coefficient (Wildman–Crippen LogP) is 16.2. The molecule has 0 spiro atoms. The van der Waals surface area contributed by atoms with Gasteiger partial charge in [0.1, 0.15) is 6.61 Å². The molecule has 328 valence electrons. The SMILES string of the molecule is CCCC/C=C\CCCCCCCC(=O)OCC(COCCCCCCCCCC/C=C\C/C=C\CCCCC)OC(=O)CCCCCCCCCCCCC. The third-order valence-corrected chi connectivity index (χ3v) is 10.6. The lowest BCUT2D eigenvalue weighted by Gasteiger charge is -2.18. The van der Waals surface area contributed by atoms with Crippen LogP contribution in [0.2, 0.25) is 0 Å². The van der Waals surface area contributed by atoms with Crippen molar-refractivity contribution in [2.45, 2.75) is 258 Å². The summed E-state index contributed by atoms with van der Waals surface area (Å²) in [6.07, 6.45) is 55.7. The van der Waals surface area contributed by atoms with Crippen LogP contribution in [0.15, 0.2) is 36.5 Å². The minimum Gasteiger partial charge on any atom is -0.462 e. The van der Waals surface area contributed by atoms with Crippen LogP contribution in [0.25, 0.3) is 0 Å². The van der Waals surface area contributed by atoms with Crippen LogP contribution in [0.4, 0.5) is 0 Å². The Morgan fingerprint density at radius 3 is 1.29 bits per heavy atom. The van der Waals surface area contributed by atoms with Gasteiger partial charge in [-0.05, 0) is 70.6 Å². The van der Waals surface area contributed by atoms with E-state index in [0.29, 0.717) is 19.4 Å². The number of unbranched alkanes of at least 4 members (excludes halogenated alkanes) is 28. The van der Waals surface area contributed by atoms with E-state index < -0.39 is 6.10 Å². The van der Waals surface area contributed by atoms with Crippen LogP contribution < -0.4 is 0 Å². The Kier molecular flexibility index (Phi) is 45.9. The van der Waals surface area contributed by atoms with Crippen molar-refractivity contribution < 1.29 is 23.8 Å². The van der Waals surface area contributed by atoms with Gasteiger partial charge in [0.05, 0.1) is 6.61 Å². The van der Waals surface area contributed by atoms with E-state index >= 15 is 0 Å². The number of ether oxygens (including phenoxy) is 3. The Hall–Kier alpha value is -1.88. The van der Waals surface area contributed by atoms with Crippen LogP contribution >= 0.6 is 0 Å². The average molecular weight is 787 g/mol. The van der Waals surface area contributed by atoms with Crippen LogP contribution in [-0.4, -0.2) is 37.9 Å². The Morgan fingerprint density at radius 1 is 0.393 bits per heavy atom. The molecule has 5 heteroatoms. The van der Waals surface area contributed by atoms with Crippen molar-refractivity contribution in [2.75, 3.05) is 19.8 Å². The van der Waals surface area contributed by atoms with Crippen LogP contribution in [0.3, 0.4) is 0 Å². The summed E-state index contributed by atoms with van der Waals surface area (Å²) in [6, 6.07) is 0. The molecule has 0 saturated heterocycles. The molecule has 0 heterocycles. The molecule has 0 rings (SSSR count). The second-order valence-corrected chi connectivity index (χ2v) is 16.4. The van der Waals surface area contributed by atoms with E-state index in [4.69, 9.17) is 14.2 Å². The molecule has 0 aliphatic rings. The van der Waals surface area contributed by atoms with Crippen LogP contribution in [0.5, 0.6) is 0 Å². The van der Waals surface area contributed by atoms with Gasteiger partial charge >= 0.3 is 11.9 Å². The molecule has 0 aliphatic carbocycles. The van der Waals surface area contributed by atoms with Gasteiger partial charge in [-0.3, -0.25) is 9.59 Å². The smallest absolute Gasteiger partial charge is 0.306 e. The molecule has 0 aromatic rings. The van der Waals surface area contributed by atoms with Crippen molar-refractivity contribution in [2.24, 2.45) is 0 Å². The molecule has 0 bridgehead atoms. The quantitative estimate of drug-likeness (QED) is 0.0349. The van der Waals surface area contributed by atoms with Gasteiger partial charge in [-0.15, -0.1) is 0 Å². The topological polar surface area (TPSA) is 61.8 Å². The highest BCUT2D eigenvalue weighted by Crippen LogP contribution is 2.14. The minimum atomic E-state index is -0.536. The number of hydrogen-bond acceptors (Lipinski definition) is 5. The number of allylic oxidation sites excluding steroid dienone is 6. The van der Waals surface area contributed by atoms with E-state index in [1.54, 1.807) is 0 Å². The fourth-order valence-electron chi connectivity index (χ4n) is 6.93. The summed E-state index contributed by atoms with van der Waals surface area (Å²) in [4.78, 5) is 25.2. The Morgan fingerprint density at radius 2 is 0.768 bits per heavy atom. The highest BCUT2D eigenvalue weighted by atomic mass is 16.6. The lowest BCUT2D eigenvalue weighted by molar-refractivity contribution is -0.163. The first kappa shape index (κ1) is 54.1. The van der Waals surface area contributed by atoms with Gasteiger partial charge < -0.3 is 14.2 Å². The number of carbonyl (C=O) groups excluding carboxylic acids is 2. The van der Waals surface area contributed by atoms with E-state index in [1.165, 1.54) is 161 Å². The van der Waals surface area contributed by atoms with E-state index in [-0.39, 0.29) is 25.2 Å². The van der Waals surface area contributed by atoms with Crippen molar-refractivity contribution in [1.29, 1.82) is 0 Å². The maximum Gasteiger partial charge on any atom is 0.306 e. The van der Waals surface area contributed by atoms with Crippen molar-refractivity contribution in [1.82, 2.24) is 0 Å². The standard InChI is InChI=1S/C51H94O5/c1-4-7-10-13-16-19-22-23-24-25-26-27-28-31-34-37-40-43-46-54-47-49(56-51(53)45-42-39-36-33-30-21-18-15-12-9-6-3)48-55-50(52)44-41-38-35-32-29-20-17-14-11-8-5-2/h14,16-17,19,23-24,49H,4-13,15,18,20-22,25-48H2,1-3H3/b17-14-,19-16-,24-23-. The van der Waals surface area contributed by atoms with Gasteiger partial charge in [0.2, 0.25) is 0 Å². The molecule has 1 unspecified atom stereocenters. The fraction of sp³-hybridized carbons (Fsp3) is 0.843. The summed E-state index contributed by atoms with van der Waals surface area (Å²) < 4.78 is 17.3. The monoisotopic (exact) mass is 787 g/mol. The highest BCUT2D eigenvalue weighted by Gasteiger charge is 2.17.